The van der Waals surface area contributed by atoms with E-state index in [0.717, 1.165) is 46.4 Å². The number of nitrogens with one attached hydrogen (secondary N) is 1. The summed E-state index contributed by atoms with van der Waals surface area (Å²) in [4.78, 5) is 2.16. The monoisotopic (exact) mass is 248 g/mol. The fraction of sp³-hybridized carbons (Fsp3) is 0.250. The molecule has 0 unspecified atom stereocenters. The number of hydrogen-bond acceptors (Lipinski definition) is 3. The predicted molar refractivity (Wildman–Crippen MR) is 69.1 cm³/mol. The fourth-order valence-electron chi connectivity index (χ4n) is 2.21. The first-order chi connectivity index (χ1) is 8.15. The minimum Gasteiger partial charge on any atom is -0.398 e. The number of anilines is 2. The number of halogens is 1. The molecule has 1 aliphatic rings. The van der Waals surface area contributed by atoms with Crippen molar-refractivity contribution in [1.82, 2.24) is 10.2 Å². The van der Waals surface area contributed by atoms with Crippen molar-refractivity contribution in [2.24, 2.45) is 0 Å². The van der Waals surface area contributed by atoms with E-state index in [4.69, 9.17) is 17.3 Å². The molecule has 3 N–H and O–H groups in total. The lowest BCUT2D eigenvalue weighted by Gasteiger charge is -2.13. The molecule has 0 bridgehead atoms. The molecule has 17 heavy (non-hydrogen) atoms. The van der Waals surface area contributed by atoms with E-state index in [-0.39, 0.29) is 0 Å². The Morgan fingerprint density at radius 1 is 1.35 bits per heavy atom. The van der Waals surface area contributed by atoms with Crippen LogP contribution >= 0.6 is 11.6 Å². The van der Waals surface area contributed by atoms with Crippen LogP contribution in [0.3, 0.4) is 0 Å². The summed E-state index contributed by atoms with van der Waals surface area (Å²) in [6, 6.07) is 5.74. The molecule has 88 valence electrons. The van der Waals surface area contributed by atoms with Crippen LogP contribution in [0.5, 0.6) is 0 Å². The van der Waals surface area contributed by atoms with E-state index in [1.54, 1.807) is 0 Å². The summed E-state index contributed by atoms with van der Waals surface area (Å²) in [6.45, 7) is 3.52. The van der Waals surface area contributed by atoms with Crippen molar-refractivity contribution in [3.05, 3.63) is 40.0 Å². The molecule has 5 heteroatoms. The summed E-state index contributed by atoms with van der Waals surface area (Å²) in [5.41, 5.74) is 10.1. The zero-order valence-corrected chi connectivity index (χ0v) is 10.3. The second-order valence-corrected chi connectivity index (χ2v) is 4.77. The molecule has 2 aromatic rings. The van der Waals surface area contributed by atoms with E-state index in [1.165, 1.54) is 0 Å². The van der Waals surface area contributed by atoms with E-state index < -0.39 is 0 Å². The van der Waals surface area contributed by atoms with Crippen molar-refractivity contribution in [1.29, 1.82) is 0 Å². The van der Waals surface area contributed by atoms with Crippen molar-refractivity contribution in [3.8, 4) is 0 Å². The van der Waals surface area contributed by atoms with Crippen LogP contribution in [-0.4, -0.2) is 10.2 Å². The second kappa shape index (κ2) is 3.67. The van der Waals surface area contributed by atoms with E-state index in [9.17, 15) is 0 Å². The normalized spacial score (nSPS) is 14.1. The maximum Gasteiger partial charge on any atom is 0.151 e. The zero-order valence-electron chi connectivity index (χ0n) is 9.50. The number of hydrogen-bond donors (Lipinski definition) is 2. The van der Waals surface area contributed by atoms with Crippen molar-refractivity contribution in [3.63, 3.8) is 0 Å². The SMILES string of the molecule is Cc1cc(N2Cc3c(N)ccc(Cl)c3C2)n[nH]1. The molecular weight excluding hydrogens is 236 g/mol. The Balaban J connectivity index is 1.98. The highest BCUT2D eigenvalue weighted by Crippen LogP contribution is 2.35. The number of aryl methyl sites for hydroxylation is 1. The number of rotatable bonds is 1. The largest absolute Gasteiger partial charge is 0.398 e. The number of nitrogens with zero attached hydrogens (tertiary/aromatic N) is 2. The Bertz CT molecular complexity index is 545. The van der Waals surface area contributed by atoms with Crippen LogP contribution in [0.25, 0.3) is 0 Å². The van der Waals surface area contributed by atoms with Gasteiger partial charge in [0, 0.05) is 41.1 Å². The number of benzene rings is 1. The number of aromatic nitrogens is 2. The topological polar surface area (TPSA) is 57.9 Å². The fourth-order valence-corrected chi connectivity index (χ4v) is 2.44. The van der Waals surface area contributed by atoms with Gasteiger partial charge in [-0.25, -0.2) is 0 Å². The first kappa shape index (κ1) is 10.5. The molecule has 0 radical (unpaired) electrons. The number of nitrogen functional groups attached to an aromatic ring is 1. The molecule has 0 amide bonds. The maximum absolute atomic E-state index is 6.19. The lowest BCUT2D eigenvalue weighted by atomic mass is 10.1. The van der Waals surface area contributed by atoms with Gasteiger partial charge in [0.1, 0.15) is 0 Å². The molecule has 0 spiro atoms. The van der Waals surface area contributed by atoms with Gasteiger partial charge >= 0.3 is 0 Å². The van der Waals surface area contributed by atoms with E-state index in [1.807, 2.05) is 25.1 Å². The van der Waals surface area contributed by atoms with Crippen LogP contribution in [0.4, 0.5) is 11.5 Å². The number of nitrogens with two attached hydrogens (primary N) is 1. The third-order valence-corrected chi connectivity index (χ3v) is 3.48. The molecule has 0 saturated heterocycles. The average Bonchev–Trinajstić information content (AvgIpc) is 2.90. The Labute approximate surface area is 104 Å². The quantitative estimate of drug-likeness (QED) is 0.763. The van der Waals surface area contributed by atoms with Gasteiger partial charge in [-0.3, -0.25) is 5.10 Å². The lowest BCUT2D eigenvalue weighted by Crippen LogP contribution is -2.15. The Morgan fingerprint density at radius 3 is 2.76 bits per heavy atom. The van der Waals surface area contributed by atoms with Crippen LogP contribution < -0.4 is 10.6 Å². The number of fused-ring (bicyclic) bond motifs is 1. The van der Waals surface area contributed by atoms with E-state index in [2.05, 4.69) is 15.1 Å². The minimum atomic E-state index is 0.767. The summed E-state index contributed by atoms with van der Waals surface area (Å²) in [5, 5.41) is 7.98. The molecule has 1 aliphatic heterocycles. The van der Waals surface area contributed by atoms with Crippen LogP contribution in [0.2, 0.25) is 5.02 Å². The van der Waals surface area contributed by atoms with Crippen LogP contribution in [0.1, 0.15) is 16.8 Å². The molecule has 0 aliphatic carbocycles. The highest BCUT2D eigenvalue weighted by Gasteiger charge is 2.24. The smallest absolute Gasteiger partial charge is 0.151 e. The number of aromatic amines is 1. The molecule has 3 rings (SSSR count). The van der Waals surface area contributed by atoms with E-state index in [0.29, 0.717) is 0 Å². The van der Waals surface area contributed by atoms with Gasteiger partial charge in [0.05, 0.1) is 0 Å². The van der Waals surface area contributed by atoms with Gasteiger partial charge in [-0.15, -0.1) is 0 Å². The molecule has 0 fully saturated rings. The Hall–Kier alpha value is -1.68. The van der Waals surface area contributed by atoms with Crippen molar-refractivity contribution < 1.29 is 0 Å². The molecule has 1 aromatic heterocycles. The van der Waals surface area contributed by atoms with E-state index >= 15 is 0 Å². The van der Waals surface area contributed by atoms with Gasteiger partial charge in [0.2, 0.25) is 0 Å². The number of H-pyrrole nitrogens is 1. The first-order valence-corrected chi connectivity index (χ1v) is 5.85. The third-order valence-electron chi connectivity index (χ3n) is 3.12. The van der Waals surface area contributed by atoms with Crippen molar-refractivity contribution in [2.75, 3.05) is 10.6 Å². The molecule has 0 atom stereocenters. The first-order valence-electron chi connectivity index (χ1n) is 5.48. The standard InChI is InChI=1S/C12H13ClN4/c1-7-4-12(16-15-7)17-5-8-9(6-17)11(14)3-2-10(8)13/h2-4H,5-6,14H2,1H3,(H,15,16). The summed E-state index contributed by atoms with van der Waals surface area (Å²) >= 11 is 6.19. The van der Waals surface area contributed by atoms with Crippen LogP contribution in [0.15, 0.2) is 18.2 Å². The predicted octanol–water partition coefficient (Wildman–Crippen LogP) is 2.47. The van der Waals surface area contributed by atoms with Gasteiger partial charge in [-0.2, -0.15) is 5.10 Å². The van der Waals surface area contributed by atoms with Gasteiger partial charge in [-0.1, -0.05) is 11.6 Å². The molecule has 4 nitrogen and oxygen atoms in total. The summed E-state index contributed by atoms with van der Waals surface area (Å²) in [7, 11) is 0. The lowest BCUT2D eigenvalue weighted by molar-refractivity contribution is 0.848. The third kappa shape index (κ3) is 1.65. The van der Waals surface area contributed by atoms with Crippen LogP contribution in [-0.2, 0) is 13.1 Å². The van der Waals surface area contributed by atoms with Gasteiger partial charge in [0.15, 0.2) is 5.82 Å². The Morgan fingerprint density at radius 2 is 2.12 bits per heavy atom. The maximum atomic E-state index is 6.19. The molecular formula is C12H13ClN4. The zero-order chi connectivity index (χ0) is 12.0. The van der Waals surface area contributed by atoms with Gasteiger partial charge in [0.25, 0.3) is 0 Å². The van der Waals surface area contributed by atoms with Crippen LogP contribution in [0, 0.1) is 6.92 Å². The summed E-state index contributed by atoms with van der Waals surface area (Å²) < 4.78 is 0. The van der Waals surface area contributed by atoms with Crippen molar-refractivity contribution >= 4 is 23.1 Å². The summed E-state index contributed by atoms with van der Waals surface area (Å²) in [5.74, 6) is 0.939. The molecule has 1 aromatic carbocycles. The minimum absolute atomic E-state index is 0.767. The van der Waals surface area contributed by atoms with Gasteiger partial charge in [-0.05, 0) is 24.6 Å². The highest BCUT2D eigenvalue weighted by molar-refractivity contribution is 6.31. The van der Waals surface area contributed by atoms with Crippen molar-refractivity contribution in [2.45, 2.75) is 20.0 Å². The van der Waals surface area contributed by atoms with Gasteiger partial charge < -0.3 is 10.6 Å². The average molecular weight is 249 g/mol. The summed E-state index contributed by atoms with van der Waals surface area (Å²) in [6.07, 6.45) is 0. The molecule has 2 heterocycles. The second-order valence-electron chi connectivity index (χ2n) is 4.36. The Kier molecular flexibility index (Phi) is 2.26. The molecule has 0 saturated carbocycles. The highest BCUT2D eigenvalue weighted by atomic mass is 35.5.